The van der Waals surface area contributed by atoms with Crippen LogP contribution in [0, 0.1) is 0 Å². The third kappa shape index (κ3) is 5.65. The Bertz CT molecular complexity index is 1230. The number of nitrogens with zero attached hydrogens (tertiary/aromatic N) is 3. The molecule has 1 amide bonds. The van der Waals surface area contributed by atoms with Crippen LogP contribution in [0.5, 0.6) is 0 Å². The lowest BCUT2D eigenvalue weighted by atomic mass is 10.0. The van der Waals surface area contributed by atoms with Gasteiger partial charge >= 0.3 is 0 Å². The summed E-state index contributed by atoms with van der Waals surface area (Å²) in [6, 6.07) is 20.2. The van der Waals surface area contributed by atoms with E-state index in [-0.39, 0.29) is 5.91 Å². The minimum Gasteiger partial charge on any atom is -0.369 e. The van der Waals surface area contributed by atoms with Gasteiger partial charge in [0, 0.05) is 54.9 Å². The number of amides is 1. The molecule has 4 rings (SSSR count). The average molecular weight is 438 g/mol. The molecule has 0 spiro atoms. The van der Waals surface area contributed by atoms with Gasteiger partial charge in [-0.15, -0.1) is 0 Å². The van der Waals surface area contributed by atoms with Gasteiger partial charge in [0.15, 0.2) is 6.29 Å². The van der Waals surface area contributed by atoms with E-state index in [2.05, 4.69) is 20.6 Å². The lowest BCUT2D eigenvalue weighted by Gasteiger charge is -2.14. The lowest BCUT2D eigenvalue weighted by molar-refractivity contribution is 0.0951. The topological polar surface area (TPSA) is 96.9 Å². The van der Waals surface area contributed by atoms with Gasteiger partial charge in [-0.25, -0.2) is 4.98 Å². The molecule has 164 valence electrons. The highest BCUT2D eigenvalue weighted by molar-refractivity contribution is 5.99. The Kier molecular flexibility index (Phi) is 7.12. The first-order valence-corrected chi connectivity index (χ1v) is 10.6. The number of carbonyl (C=O) groups is 2. The summed E-state index contributed by atoms with van der Waals surface area (Å²) >= 11 is 0. The molecule has 7 nitrogen and oxygen atoms in total. The molecule has 0 bridgehead atoms. The molecular weight excluding hydrogens is 414 g/mol. The van der Waals surface area contributed by atoms with Gasteiger partial charge in [0.2, 0.25) is 0 Å². The van der Waals surface area contributed by atoms with Crippen LogP contribution in [0.2, 0.25) is 0 Å². The monoisotopic (exact) mass is 437 g/mol. The van der Waals surface area contributed by atoms with E-state index in [9.17, 15) is 9.59 Å². The van der Waals surface area contributed by atoms with Crippen molar-refractivity contribution in [3.05, 3.63) is 108 Å². The quantitative estimate of drug-likeness (QED) is 0.385. The molecule has 2 N–H and O–H groups in total. The number of hydrogen-bond donors (Lipinski definition) is 2. The molecule has 0 unspecified atom stereocenters. The number of pyridine rings is 3. The molecule has 3 aromatic heterocycles. The van der Waals surface area contributed by atoms with E-state index in [0.717, 1.165) is 17.5 Å². The lowest BCUT2D eigenvalue weighted by Crippen LogP contribution is -2.25. The Morgan fingerprint density at radius 3 is 2.61 bits per heavy atom. The van der Waals surface area contributed by atoms with Crippen molar-refractivity contribution in [2.45, 2.75) is 13.0 Å². The van der Waals surface area contributed by atoms with Gasteiger partial charge in [-0.05, 0) is 35.9 Å². The first-order chi connectivity index (χ1) is 16.2. The summed E-state index contributed by atoms with van der Waals surface area (Å²) in [5.74, 6) is 0.203. The van der Waals surface area contributed by atoms with Gasteiger partial charge < -0.3 is 10.6 Å². The summed E-state index contributed by atoms with van der Waals surface area (Å²) in [5.41, 5.74) is 4.13. The molecule has 0 saturated heterocycles. The Hall–Kier alpha value is -4.39. The Morgan fingerprint density at radius 2 is 1.82 bits per heavy atom. The number of hydrogen-bond acceptors (Lipinski definition) is 6. The number of aldehydes is 1. The molecule has 0 aliphatic carbocycles. The molecule has 0 saturated carbocycles. The first kappa shape index (κ1) is 21.8. The van der Waals surface area contributed by atoms with Crippen LogP contribution in [-0.2, 0) is 13.0 Å². The maximum atomic E-state index is 13.0. The molecular formula is C26H23N5O2. The molecule has 0 fully saturated rings. The van der Waals surface area contributed by atoms with Crippen LogP contribution in [0.15, 0.2) is 85.3 Å². The second-order valence-electron chi connectivity index (χ2n) is 7.34. The van der Waals surface area contributed by atoms with Crippen LogP contribution in [-0.4, -0.2) is 33.7 Å². The summed E-state index contributed by atoms with van der Waals surface area (Å²) < 4.78 is 0. The maximum absolute atomic E-state index is 13.0. The molecule has 0 aliphatic rings. The third-order valence-electron chi connectivity index (χ3n) is 5.08. The van der Waals surface area contributed by atoms with Crippen molar-refractivity contribution in [2.75, 3.05) is 11.9 Å². The number of aromatic nitrogens is 3. The van der Waals surface area contributed by atoms with Gasteiger partial charge in [0.05, 0.1) is 11.3 Å². The predicted molar refractivity (Wildman–Crippen MR) is 127 cm³/mol. The third-order valence-corrected chi connectivity index (χ3v) is 5.08. The zero-order valence-electron chi connectivity index (χ0n) is 17.9. The fraction of sp³-hybridized carbons (Fsp3) is 0.115. The van der Waals surface area contributed by atoms with Crippen molar-refractivity contribution in [2.24, 2.45) is 0 Å². The van der Waals surface area contributed by atoms with E-state index in [1.165, 1.54) is 0 Å². The fourth-order valence-electron chi connectivity index (χ4n) is 3.40. The van der Waals surface area contributed by atoms with Crippen LogP contribution in [0.1, 0.15) is 32.0 Å². The smallest absolute Gasteiger partial charge is 0.255 e. The second-order valence-corrected chi connectivity index (χ2v) is 7.34. The van der Waals surface area contributed by atoms with Crippen molar-refractivity contribution in [3.8, 4) is 11.3 Å². The standard InChI is InChI=1S/C26H23N5O2/c32-18-20-7-1-2-9-22(20)24-11-10-23(26(33)30-17-19-6-5-13-27-16-19)25(31-24)29-15-12-21-8-3-4-14-28-21/h1-11,13-14,16,18H,12,15,17H2,(H,29,31)(H,30,33). The number of carbonyl (C=O) groups excluding carboxylic acids is 2. The van der Waals surface area contributed by atoms with Crippen molar-refractivity contribution in [1.82, 2.24) is 20.3 Å². The Morgan fingerprint density at radius 1 is 0.939 bits per heavy atom. The second kappa shape index (κ2) is 10.8. The maximum Gasteiger partial charge on any atom is 0.255 e. The molecule has 0 radical (unpaired) electrons. The minimum absolute atomic E-state index is 0.248. The summed E-state index contributed by atoms with van der Waals surface area (Å²) in [4.78, 5) is 37.6. The van der Waals surface area contributed by atoms with Crippen molar-refractivity contribution < 1.29 is 9.59 Å². The SMILES string of the molecule is O=Cc1ccccc1-c1ccc(C(=O)NCc2cccnc2)c(NCCc2ccccn2)n1. The molecule has 0 atom stereocenters. The van der Waals surface area contributed by atoms with Gasteiger partial charge in [-0.3, -0.25) is 19.6 Å². The van der Waals surface area contributed by atoms with E-state index in [4.69, 9.17) is 4.98 Å². The average Bonchev–Trinajstić information content (AvgIpc) is 2.88. The zero-order chi connectivity index (χ0) is 22.9. The minimum atomic E-state index is -0.248. The number of rotatable bonds is 9. The van der Waals surface area contributed by atoms with Crippen LogP contribution in [0.4, 0.5) is 5.82 Å². The molecule has 33 heavy (non-hydrogen) atoms. The van der Waals surface area contributed by atoms with Crippen molar-refractivity contribution in [3.63, 3.8) is 0 Å². The number of nitrogens with one attached hydrogen (secondary N) is 2. The Balaban J connectivity index is 1.58. The molecule has 1 aromatic carbocycles. The molecule has 4 aromatic rings. The highest BCUT2D eigenvalue weighted by atomic mass is 16.1. The van der Waals surface area contributed by atoms with Crippen molar-refractivity contribution >= 4 is 18.0 Å². The predicted octanol–water partition coefficient (Wildman–Crippen LogP) is 3.94. The number of benzene rings is 1. The molecule has 0 aliphatic heterocycles. The summed E-state index contributed by atoms with van der Waals surface area (Å²) in [6.45, 7) is 0.904. The summed E-state index contributed by atoms with van der Waals surface area (Å²) in [6.07, 6.45) is 6.63. The molecule has 3 heterocycles. The van der Waals surface area contributed by atoms with E-state index in [0.29, 0.717) is 47.7 Å². The van der Waals surface area contributed by atoms with Gasteiger partial charge in [0.1, 0.15) is 5.82 Å². The van der Waals surface area contributed by atoms with Gasteiger partial charge in [-0.1, -0.05) is 36.4 Å². The van der Waals surface area contributed by atoms with E-state index < -0.39 is 0 Å². The van der Waals surface area contributed by atoms with E-state index in [1.54, 1.807) is 42.9 Å². The van der Waals surface area contributed by atoms with Crippen LogP contribution >= 0.6 is 0 Å². The van der Waals surface area contributed by atoms with Crippen LogP contribution < -0.4 is 10.6 Å². The zero-order valence-corrected chi connectivity index (χ0v) is 17.9. The van der Waals surface area contributed by atoms with E-state index >= 15 is 0 Å². The fourth-order valence-corrected chi connectivity index (χ4v) is 3.40. The number of anilines is 1. The van der Waals surface area contributed by atoms with Gasteiger partial charge in [-0.2, -0.15) is 0 Å². The first-order valence-electron chi connectivity index (χ1n) is 10.6. The van der Waals surface area contributed by atoms with Crippen LogP contribution in [0.3, 0.4) is 0 Å². The highest BCUT2D eigenvalue weighted by Gasteiger charge is 2.15. The van der Waals surface area contributed by atoms with E-state index in [1.807, 2.05) is 42.5 Å². The molecule has 7 heteroatoms. The van der Waals surface area contributed by atoms with Crippen molar-refractivity contribution in [1.29, 1.82) is 0 Å². The highest BCUT2D eigenvalue weighted by Crippen LogP contribution is 2.24. The van der Waals surface area contributed by atoms with Gasteiger partial charge in [0.25, 0.3) is 5.91 Å². The Labute approximate surface area is 192 Å². The largest absolute Gasteiger partial charge is 0.369 e. The summed E-state index contributed by atoms with van der Waals surface area (Å²) in [5, 5.41) is 6.19. The normalized spacial score (nSPS) is 10.4. The summed E-state index contributed by atoms with van der Waals surface area (Å²) in [7, 11) is 0. The van der Waals surface area contributed by atoms with Crippen LogP contribution in [0.25, 0.3) is 11.3 Å².